The van der Waals surface area contributed by atoms with E-state index in [0.29, 0.717) is 5.75 Å². The molecule has 0 spiro atoms. The molecule has 0 bridgehead atoms. The summed E-state index contributed by atoms with van der Waals surface area (Å²) >= 11 is 0. The Balaban J connectivity index is 2.29. The van der Waals surface area contributed by atoms with Crippen LogP contribution in [-0.4, -0.2) is 28.6 Å². The second-order valence-electron chi connectivity index (χ2n) is 5.76. The summed E-state index contributed by atoms with van der Waals surface area (Å²) in [6.07, 6.45) is 3.05. The molecule has 0 aliphatic carbocycles. The topological polar surface area (TPSA) is 81.7 Å². The monoisotopic (exact) mass is 377 g/mol. The van der Waals surface area contributed by atoms with Crippen LogP contribution in [0.4, 0.5) is 5.69 Å². The van der Waals surface area contributed by atoms with Crippen molar-refractivity contribution in [2.24, 2.45) is 0 Å². The van der Waals surface area contributed by atoms with Gasteiger partial charge < -0.3 is 9.47 Å². The molecule has 0 saturated heterocycles. The van der Waals surface area contributed by atoms with Gasteiger partial charge in [-0.05, 0) is 48.7 Å². The molecule has 7 heteroatoms. The first-order chi connectivity index (χ1) is 12.4. The molecule has 1 N–H and O–H groups in total. The molecule has 2 rings (SSSR count). The number of carbonyl (C=O) groups excluding carboxylic acids is 1. The molecular weight excluding hydrogens is 354 g/mol. The van der Waals surface area contributed by atoms with E-state index in [1.54, 1.807) is 12.1 Å². The molecule has 0 aliphatic heterocycles. The van der Waals surface area contributed by atoms with E-state index in [2.05, 4.69) is 16.4 Å². The summed E-state index contributed by atoms with van der Waals surface area (Å²) in [5, 5.41) is 0. The maximum absolute atomic E-state index is 12.7. The van der Waals surface area contributed by atoms with Crippen LogP contribution in [0.2, 0.25) is 0 Å². The van der Waals surface area contributed by atoms with Gasteiger partial charge in [-0.1, -0.05) is 25.5 Å². The number of esters is 1. The van der Waals surface area contributed by atoms with Crippen LogP contribution in [0.25, 0.3) is 0 Å². The SMILES string of the molecule is CCCCc1ccc(S(=O)(=O)Nc2cc(C(=O)OC)ccc2OC)cc1. The highest BCUT2D eigenvalue weighted by Gasteiger charge is 2.18. The first kappa shape index (κ1) is 19.8. The Hall–Kier alpha value is -2.54. The van der Waals surface area contributed by atoms with E-state index in [9.17, 15) is 13.2 Å². The molecule has 0 aromatic heterocycles. The number of methoxy groups -OCH3 is 2. The molecule has 0 radical (unpaired) electrons. The summed E-state index contributed by atoms with van der Waals surface area (Å²) in [7, 11) is -1.13. The minimum atomic E-state index is -3.81. The number of hydrogen-bond donors (Lipinski definition) is 1. The highest BCUT2D eigenvalue weighted by molar-refractivity contribution is 7.92. The summed E-state index contributed by atoms with van der Waals surface area (Å²) in [5.74, 6) is -0.255. The highest BCUT2D eigenvalue weighted by atomic mass is 32.2. The number of sulfonamides is 1. The average molecular weight is 377 g/mol. The van der Waals surface area contributed by atoms with Gasteiger partial charge in [-0.2, -0.15) is 0 Å². The Morgan fingerprint density at radius 1 is 1.08 bits per heavy atom. The zero-order valence-corrected chi connectivity index (χ0v) is 15.9. The zero-order chi connectivity index (χ0) is 19.2. The lowest BCUT2D eigenvalue weighted by Gasteiger charge is -2.13. The molecule has 2 aromatic carbocycles. The van der Waals surface area contributed by atoms with Crippen LogP contribution in [0.15, 0.2) is 47.4 Å². The average Bonchev–Trinajstić information content (AvgIpc) is 2.65. The third kappa shape index (κ3) is 4.76. The third-order valence-electron chi connectivity index (χ3n) is 3.92. The maximum atomic E-state index is 12.7. The Kier molecular flexibility index (Phi) is 6.63. The van der Waals surface area contributed by atoms with E-state index in [1.807, 2.05) is 12.1 Å². The lowest BCUT2D eigenvalue weighted by molar-refractivity contribution is 0.0600. The van der Waals surface area contributed by atoms with Crippen molar-refractivity contribution in [3.8, 4) is 5.75 Å². The van der Waals surface area contributed by atoms with E-state index in [0.717, 1.165) is 24.8 Å². The second-order valence-corrected chi connectivity index (χ2v) is 7.44. The number of unbranched alkanes of at least 4 members (excludes halogenated alkanes) is 1. The maximum Gasteiger partial charge on any atom is 0.337 e. The molecule has 0 aliphatic rings. The van der Waals surface area contributed by atoms with Gasteiger partial charge in [0.2, 0.25) is 0 Å². The van der Waals surface area contributed by atoms with Crippen molar-refractivity contribution in [2.45, 2.75) is 31.1 Å². The molecular formula is C19H23NO5S. The fourth-order valence-electron chi connectivity index (χ4n) is 2.45. The number of anilines is 1. The van der Waals surface area contributed by atoms with Crippen LogP contribution in [0.1, 0.15) is 35.7 Å². The molecule has 0 fully saturated rings. The first-order valence-corrected chi connectivity index (χ1v) is 9.77. The number of benzene rings is 2. The minimum Gasteiger partial charge on any atom is -0.495 e. The predicted molar refractivity (Wildman–Crippen MR) is 100 cm³/mol. The molecule has 0 atom stereocenters. The normalized spacial score (nSPS) is 11.0. The van der Waals surface area contributed by atoms with Crippen molar-refractivity contribution in [1.82, 2.24) is 0 Å². The lowest BCUT2D eigenvalue weighted by atomic mass is 10.1. The summed E-state index contributed by atoms with van der Waals surface area (Å²) in [4.78, 5) is 11.8. The molecule has 6 nitrogen and oxygen atoms in total. The Morgan fingerprint density at radius 3 is 2.35 bits per heavy atom. The van der Waals surface area contributed by atoms with E-state index in [-0.39, 0.29) is 16.1 Å². The molecule has 140 valence electrons. The van der Waals surface area contributed by atoms with Gasteiger partial charge in [0.05, 0.1) is 30.4 Å². The number of hydrogen-bond acceptors (Lipinski definition) is 5. The molecule has 0 amide bonds. The largest absolute Gasteiger partial charge is 0.495 e. The van der Waals surface area contributed by atoms with Crippen LogP contribution < -0.4 is 9.46 Å². The van der Waals surface area contributed by atoms with Crippen molar-refractivity contribution in [3.05, 3.63) is 53.6 Å². The fraction of sp³-hybridized carbons (Fsp3) is 0.316. The van der Waals surface area contributed by atoms with Gasteiger partial charge in [0.15, 0.2) is 0 Å². The van der Waals surface area contributed by atoms with Gasteiger partial charge in [0.25, 0.3) is 10.0 Å². The lowest BCUT2D eigenvalue weighted by Crippen LogP contribution is -2.14. The number of ether oxygens (including phenoxy) is 2. The summed E-state index contributed by atoms with van der Waals surface area (Å²) < 4.78 is 37.6. The molecule has 0 unspecified atom stereocenters. The van der Waals surface area contributed by atoms with Gasteiger partial charge in [-0.3, -0.25) is 4.72 Å². The smallest absolute Gasteiger partial charge is 0.337 e. The first-order valence-electron chi connectivity index (χ1n) is 8.29. The molecule has 0 saturated carbocycles. The van der Waals surface area contributed by atoms with E-state index >= 15 is 0 Å². The van der Waals surface area contributed by atoms with Crippen LogP contribution >= 0.6 is 0 Å². The predicted octanol–water partition coefficient (Wildman–Crippen LogP) is 3.63. The van der Waals surface area contributed by atoms with Gasteiger partial charge in [0.1, 0.15) is 5.75 Å². The number of carbonyl (C=O) groups is 1. The van der Waals surface area contributed by atoms with Gasteiger partial charge in [-0.15, -0.1) is 0 Å². The number of aryl methyl sites for hydroxylation is 1. The van der Waals surface area contributed by atoms with Gasteiger partial charge >= 0.3 is 5.97 Å². The third-order valence-corrected chi connectivity index (χ3v) is 5.30. The van der Waals surface area contributed by atoms with Crippen LogP contribution in [-0.2, 0) is 21.2 Å². The molecule has 2 aromatic rings. The van der Waals surface area contributed by atoms with Crippen molar-refractivity contribution in [1.29, 1.82) is 0 Å². The van der Waals surface area contributed by atoms with Crippen molar-refractivity contribution >= 4 is 21.7 Å². The van der Waals surface area contributed by atoms with Crippen molar-refractivity contribution < 1.29 is 22.7 Å². The summed E-state index contributed by atoms with van der Waals surface area (Å²) in [6, 6.07) is 11.2. The van der Waals surface area contributed by atoms with Crippen molar-refractivity contribution in [3.63, 3.8) is 0 Å². The van der Waals surface area contributed by atoms with Crippen LogP contribution in [0.5, 0.6) is 5.75 Å². The quantitative estimate of drug-likeness (QED) is 0.711. The summed E-state index contributed by atoms with van der Waals surface area (Å²) in [6.45, 7) is 2.11. The Morgan fingerprint density at radius 2 is 1.77 bits per heavy atom. The van der Waals surface area contributed by atoms with Crippen molar-refractivity contribution in [2.75, 3.05) is 18.9 Å². The number of rotatable bonds is 8. The standard InChI is InChI=1S/C19H23NO5S/c1-4-5-6-14-7-10-16(11-8-14)26(22,23)20-17-13-15(19(21)25-3)9-12-18(17)24-2/h7-13,20H,4-6H2,1-3H3. The Bertz CT molecular complexity index is 860. The van der Waals surface area contributed by atoms with Crippen LogP contribution in [0.3, 0.4) is 0 Å². The second kappa shape index (κ2) is 8.71. The van der Waals surface area contributed by atoms with Gasteiger partial charge in [0, 0.05) is 0 Å². The van der Waals surface area contributed by atoms with Crippen LogP contribution in [0, 0.1) is 0 Å². The van der Waals surface area contributed by atoms with E-state index < -0.39 is 16.0 Å². The van der Waals surface area contributed by atoms with E-state index in [1.165, 1.54) is 32.4 Å². The Labute approximate surface area is 154 Å². The number of nitrogens with one attached hydrogen (secondary N) is 1. The minimum absolute atomic E-state index is 0.142. The fourth-order valence-corrected chi connectivity index (χ4v) is 3.51. The zero-order valence-electron chi connectivity index (χ0n) is 15.1. The van der Waals surface area contributed by atoms with Gasteiger partial charge in [-0.25, -0.2) is 13.2 Å². The van der Waals surface area contributed by atoms with E-state index in [4.69, 9.17) is 4.74 Å². The molecule has 0 heterocycles. The summed E-state index contributed by atoms with van der Waals surface area (Å²) in [5.41, 5.74) is 1.49. The molecule has 26 heavy (non-hydrogen) atoms. The highest BCUT2D eigenvalue weighted by Crippen LogP contribution is 2.28.